The van der Waals surface area contributed by atoms with Gasteiger partial charge in [0, 0.05) is 56.7 Å². The Bertz CT molecular complexity index is 4640. The lowest BCUT2D eigenvalue weighted by molar-refractivity contribution is 0.144. The zero-order valence-corrected chi connectivity index (χ0v) is 51.8. The highest BCUT2D eigenvalue weighted by atomic mass is 28.4. The Morgan fingerprint density at radius 1 is 0.333 bits per heavy atom. The molecule has 0 saturated heterocycles. The van der Waals surface area contributed by atoms with Crippen LogP contribution in [0.3, 0.4) is 0 Å². The Morgan fingerprint density at radius 3 is 1.22 bits per heavy atom. The van der Waals surface area contributed by atoms with Crippen LogP contribution in [-0.4, -0.2) is 80.3 Å². The van der Waals surface area contributed by atoms with Crippen molar-refractivity contribution in [1.29, 1.82) is 0 Å². The minimum Gasteiger partial charge on any atom is -0.492 e. The first kappa shape index (κ1) is 56.3. The van der Waals surface area contributed by atoms with Gasteiger partial charge in [-0.1, -0.05) is 177 Å². The third kappa shape index (κ3) is 9.51. The molecular formula is C72H74N8O6Si. The van der Waals surface area contributed by atoms with Gasteiger partial charge in [-0.05, 0) is 84.3 Å². The highest BCUT2D eigenvalue weighted by Crippen LogP contribution is 2.51. The van der Waals surface area contributed by atoms with E-state index in [1.165, 1.54) is 0 Å². The number of hydrogen-bond donors (Lipinski definition) is 0. The summed E-state index contributed by atoms with van der Waals surface area (Å²) in [6, 6.07) is 42.6. The fraction of sp³-hybridized carbons (Fsp3) is 0.333. The van der Waals surface area contributed by atoms with E-state index in [4.69, 9.17) is 57.8 Å². The molecule has 10 aromatic rings. The van der Waals surface area contributed by atoms with Crippen molar-refractivity contribution in [2.45, 2.75) is 119 Å². The minimum atomic E-state index is -4.58. The summed E-state index contributed by atoms with van der Waals surface area (Å²) in [7, 11) is -4.58. The molecular weight excluding hydrogens is 1100 g/mol. The summed E-state index contributed by atoms with van der Waals surface area (Å²) in [5, 5.41) is 10.8. The molecule has 0 fully saturated rings. The van der Waals surface area contributed by atoms with Gasteiger partial charge in [-0.15, -0.1) is 0 Å². The average Bonchev–Trinajstić information content (AvgIpc) is 1.54. The van der Waals surface area contributed by atoms with Crippen molar-refractivity contribution in [3.05, 3.63) is 155 Å². The predicted molar refractivity (Wildman–Crippen MR) is 354 cm³/mol. The average molecular weight is 1180 g/mol. The molecule has 8 aromatic carbocycles. The predicted octanol–water partition coefficient (Wildman–Crippen LogP) is 16.3. The Morgan fingerprint density at radius 2 is 0.713 bits per heavy atom. The van der Waals surface area contributed by atoms with Gasteiger partial charge in [0.1, 0.15) is 45.6 Å². The first-order valence-corrected chi connectivity index (χ1v) is 33.6. The molecule has 0 N–H and O–H groups in total. The molecule has 6 heterocycles. The van der Waals surface area contributed by atoms with Gasteiger partial charge in [0.15, 0.2) is 23.3 Å². The zero-order valence-electron chi connectivity index (χ0n) is 50.8. The highest BCUT2D eigenvalue weighted by Gasteiger charge is 2.54. The van der Waals surface area contributed by atoms with Crippen molar-refractivity contribution >= 4 is 108 Å². The van der Waals surface area contributed by atoms with Crippen LogP contribution >= 0.6 is 0 Å². The Kier molecular flexibility index (Phi) is 15.5. The number of hydrogen-bond acceptors (Lipinski definition) is 12. The number of ether oxygens (including phenoxy) is 4. The van der Waals surface area contributed by atoms with Crippen LogP contribution in [0.15, 0.2) is 151 Å². The summed E-state index contributed by atoms with van der Waals surface area (Å²) >= 11 is 0. The maximum Gasteiger partial charge on any atom is 0.603 e. The number of nitrogens with zero attached hydrogens (tertiary/aromatic N) is 8. The van der Waals surface area contributed by atoms with E-state index in [2.05, 4.69) is 171 Å². The molecule has 15 heteroatoms. The summed E-state index contributed by atoms with van der Waals surface area (Å²) in [5.41, 5.74) is 4.16. The summed E-state index contributed by atoms with van der Waals surface area (Å²) < 4.78 is 49.1. The van der Waals surface area contributed by atoms with Gasteiger partial charge in [0.2, 0.25) is 0 Å². The molecule has 14 nitrogen and oxygen atoms in total. The number of aliphatic imine (C=N–C) groups is 4. The van der Waals surface area contributed by atoms with Gasteiger partial charge < -0.3 is 27.8 Å². The van der Waals surface area contributed by atoms with Crippen LogP contribution in [0.25, 0.3) is 64.6 Å². The molecule has 4 aliphatic heterocycles. The zero-order chi connectivity index (χ0) is 59.2. The quantitative estimate of drug-likeness (QED) is 0.0436. The largest absolute Gasteiger partial charge is 0.603 e. The van der Waals surface area contributed by atoms with E-state index in [-0.39, 0.29) is 0 Å². The highest BCUT2D eigenvalue weighted by molar-refractivity contribution is 6.66. The maximum absolute atomic E-state index is 8.04. The summed E-state index contributed by atoms with van der Waals surface area (Å²) in [4.78, 5) is 35.4. The van der Waals surface area contributed by atoms with Gasteiger partial charge >= 0.3 is 8.88 Å². The first-order chi connectivity index (χ1) is 42.9. The van der Waals surface area contributed by atoms with Crippen molar-refractivity contribution in [1.82, 2.24) is 8.47 Å². The molecule has 0 unspecified atom stereocenters. The fourth-order valence-corrected chi connectivity index (χ4v) is 16.0. The Hall–Kier alpha value is -8.50. The molecule has 0 spiro atoms. The van der Waals surface area contributed by atoms with Crippen LogP contribution in [-0.2, 0) is 8.85 Å². The number of aromatic nitrogens is 2. The second kappa shape index (κ2) is 24.0. The number of fused-ring (bicyclic) bond motifs is 18. The van der Waals surface area contributed by atoms with Crippen molar-refractivity contribution < 1.29 is 27.8 Å². The van der Waals surface area contributed by atoms with E-state index in [0.29, 0.717) is 109 Å². The standard InChI is InChI=1S/C72H74N8O6Si/c1-7-13-35-81-61-49-31-23-19-27-45(49)41-53-57(61)67-73-65(53)75-71-60-56(44-48-30-22-26-34-52(48)64(60)84-38-16-10-4)70-78-68-58-54(42-46-28-20-24-32-50(46)62(58)82-36-14-8-2)66(74-68)76-72-59-55(43-47-29-21-25-33-51(47)63(59)83-37-15-9-3)69(77-67)79(72)87(80(70)71,85-39-17-11-5)86-40-18-12-6/h19-34,41-44H,7-18,35-40H2,1-6H3. The van der Waals surface area contributed by atoms with Crippen molar-refractivity contribution in [2.75, 3.05) is 39.6 Å². The maximum atomic E-state index is 8.04. The third-order valence-electron chi connectivity index (χ3n) is 17.1. The van der Waals surface area contributed by atoms with E-state index in [1.54, 1.807) is 0 Å². The van der Waals surface area contributed by atoms with Gasteiger partial charge in [0.05, 0.1) is 48.3 Å². The van der Waals surface area contributed by atoms with E-state index in [0.717, 1.165) is 164 Å². The van der Waals surface area contributed by atoms with Gasteiger partial charge in [-0.25, -0.2) is 30.0 Å². The molecule has 14 rings (SSSR count). The SMILES string of the molecule is CCCCOc1c2c(cc3ccccc13)C1=Nc3c4c(OCCCC)c5ccccc5cc4c4n3[Si](OCCCC)(OCCCC)n3c(c5cc6ccccc6c(OCCCC)c5c3=NC3=NC(=N4)c4c3cc3ccccc3c4OCCCC)=NC2=N1. The third-order valence-corrected chi connectivity index (χ3v) is 20.2. The molecule has 0 atom stereocenters. The summed E-state index contributed by atoms with van der Waals surface area (Å²) in [5.74, 6) is 5.69. The van der Waals surface area contributed by atoms with Crippen LogP contribution < -0.4 is 29.9 Å². The smallest absolute Gasteiger partial charge is 0.492 e. The second-order valence-electron chi connectivity index (χ2n) is 23.1. The molecule has 4 aliphatic rings. The van der Waals surface area contributed by atoms with Gasteiger partial charge in [-0.2, -0.15) is 0 Å². The van der Waals surface area contributed by atoms with E-state index in [1.807, 2.05) is 0 Å². The van der Waals surface area contributed by atoms with Crippen LogP contribution in [0.4, 0.5) is 11.6 Å². The van der Waals surface area contributed by atoms with E-state index in [9.17, 15) is 0 Å². The number of unbranched alkanes of at least 4 members (excludes halogenated alkanes) is 6. The molecule has 442 valence electrons. The van der Waals surface area contributed by atoms with Crippen LogP contribution in [0.1, 0.15) is 141 Å². The fourth-order valence-electron chi connectivity index (χ4n) is 12.6. The van der Waals surface area contributed by atoms with Crippen molar-refractivity contribution in [2.24, 2.45) is 30.0 Å². The molecule has 0 aliphatic carbocycles. The van der Waals surface area contributed by atoms with E-state index < -0.39 is 8.88 Å². The Labute approximate surface area is 508 Å². The lowest BCUT2D eigenvalue weighted by Gasteiger charge is -2.33. The Balaban J connectivity index is 1.28. The molecule has 6 bridgehead atoms. The molecule has 0 saturated carbocycles. The molecule has 0 amide bonds. The summed E-state index contributed by atoms with van der Waals surface area (Å²) in [6.07, 6.45) is 10.4. The lowest BCUT2D eigenvalue weighted by atomic mass is 9.99. The summed E-state index contributed by atoms with van der Waals surface area (Å²) in [6.45, 7) is 15.7. The normalized spacial score (nSPS) is 14.4. The van der Waals surface area contributed by atoms with Crippen LogP contribution in [0.2, 0.25) is 0 Å². The van der Waals surface area contributed by atoms with Gasteiger partial charge in [-0.3, -0.25) is 8.47 Å². The number of benzene rings is 8. The monoisotopic (exact) mass is 1170 g/mol. The van der Waals surface area contributed by atoms with Crippen molar-refractivity contribution in [3.8, 4) is 23.0 Å². The number of amidine groups is 4. The topological polar surface area (TPSA) is 139 Å². The molecule has 87 heavy (non-hydrogen) atoms. The number of rotatable bonds is 24. The van der Waals surface area contributed by atoms with Crippen molar-refractivity contribution in [3.63, 3.8) is 0 Å². The molecule has 2 aromatic heterocycles. The second-order valence-corrected chi connectivity index (χ2v) is 25.7. The van der Waals surface area contributed by atoms with Crippen LogP contribution in [0.5, 0.6) is 23.0 Å². The first-order valence-electron chi connectivity index (χ1n) is 31.8. The lowest BCUT2D eigenvalue weighted by Crippen LogP contribution is -2.64. The van der Waals surface area contributed by atoms with Gasteiger partial charge in [0.25, 0.3) is 0 Å². The minimum absolute atomic E-state index is 0.330. The molecule has 0 radical (unpaired) electrons. The van der Waals surface area contributed by atoms with Crippen LogP contribution in [0, 0.1) is 0 Å². The van der Waals surface area contributed by atoms with E-state index >= 15 is 0 Å².